The second kappa shape index (κ2) is 4.88. The van der Waals surface area contributed by atoms with Crippen LogP contribution in [0.4, 0.5) is 0 Å². The zero-order valence-electron chi connectivity index (χ0n) is 11.7. The van der Waals surface area contributed by atoms with E-state index < -0.39 is 0 Å². The SMILES string of the molecule is CCc1c(O)nc(-c2c(C)cc(C)cc2C)[nH]c1=O. The van der Waals surface area contributed by atoms with E-state index in [0.717, 1.165) is 22.3 Å². The topological polar surface area (TPSA) is 66.0 Å². The Morgan fingerprint density at radius 1 is 1.21 bits per heavy atom. The number of rotatable bonds is 2. The molecule has 100 valence electrons. The highest BCUT2D eigenvalue weighted by atomic mass is 16.3. The third-order valence-electron chi connectivity index (χ3n) is 3.26. The van der Waals surface area contributed by atoms with Gasteiger partial charge in [0.2, 0.25) is 5.88 Å². The number of aromatic nitrogens is 2. The highest BCUT2D eigenvalue weighted by Crippen LogP contribution is 2.26. The largest absolute Gasteiger partial charge is 0.493 e. The summed E-state index contributed by atoms with van der Waals surface area (Å²) < 4.78 is 0. The zero-order valence-corrected chi connectivity index (χ0v) is 11.7. The monoisotopic (exact) mass is 258 g/mol. The van der Waals surface area contributed by atoms with Crippen molar-refractivity contribution >= 4 is 0 Å². The van der Waals surface area contributed by atoms with E-state index in [0.29, 0.717) is 17.8 Å². The van der Waals surface area contributed by atoms with Crippen LogP contribution in [-0.4, -0.2) is 15.1 Å². The lowest BCUT2D eigenvalue weighted by molar-refractivity contribution is 0.444. The van der Waals surface area contributed by atoms with Gasteiger partial charge in [-0.3, -0.25) is 4.79 Å². The van der Waals surface area contributed by atoms with Gasteiger partial charge in [0.15, 0.2) is 0 Å². The number of aromatic amines is 1. The third-order valence-corrected chi connectivity index (χ3v) is 3.26. The minimum atomic E-state index is -0.274. The van der Waals surface area contributed by atoms with E-state index in [1.807, 2.05) is 39.8 Å². The summed E-state index contributed by atoms with van der Waals surface area (Å²) in [4.78, 5) is 18.8. The minimum absolute atomic E-state index is 0.180. The van der Waals surface area contributed by atoms with Gasteiger partial charge in [0.05, 0.1) is 5.56 Å². The van der Waals surface area contributed by atoms with E-state index in [2.05, 4.69) is 9.97 Å². The van der Waals surface area contributed by atoms with Crippen LogP contribution < -0.4 is 5.56 Å². The highest BCUT2D eigenvalue weighted by Gasteiger charge is 2.13. The fourth-order valence-electron chi connectivity index (χ4n) is 2.48. The zero-order chi connectivity index (χ0) is 14.2. The Labute approximate surface area is 112 Å². The average Bonchev–Trinajstić information content (AvgIpc) is 2.26. The van der Waals surface area contributed by atoms with Crippen molar-refractivity contribution in [3.8, 4) is 17.3 Å². The highest BCUT2D eigenvalue weighted by molar-refractivity contribution is 5.65. The van der Waals surface area contributed by atoms with E-state index in [1.165, 1.54) is 0 Å². The minimum Gasteiger partial charge on any atom is -0.493 e. The Balaban J connectivity index is 2.70. The predicted octanol–water partition coefficient (Wildman–Crippen LogP) is 2.63. The number of hydrogen-bond acceptors (Lipinski definition) is 3. The van der Waals surface area contributed by atoms with Gasteiger partial charge in [-0.15, -0.1) is 0 Å². The molecule has 0 radical (unpaired) electrons. The number of nitrogens with one attached hydrogen (secondary N) is 1. The van der Waals surface area contributed by atoms with Gasteiger partial charge in [0, 0.05) is 5.56 Å². The van der Waals surface area contributed by atoms with Crippen molar-refractivity contribution in [2.75, 3.05) is 0 Å². The molecule has 0 amide bonds. The maximum Gasteiger partial charge on any atom is 0.258 e. The molecule has 0 aliphatic rings. The van der Waals surface area contributed by atoms with Gasteiger partial charge >= 0.3 is 0 Å². The smallest absolute Gasteiger partial charge is 0.258 e. The van der Waals surface area contributed by atoms with Crippen LogP contribution in [0, 0.1) is 20.8 Å². The van der Waals surface area contributed by atoms with Gasteiger partial charge in [0.1, 0.15) is 5.82 Å². The Morgan fingerprint density at radius 2 is 1.79 bits per heavy atom. The van der Waals surface area contributed by atoms with Crippen LogP contribution in [0.3, 0.4) is 0 Å². The van der Waals surface area contributed by atoms with Crippen molar-refractivity contribution in [2.24, 2.45) is 0 Å². The number of hydrogen-bond donors (Lipinski definition) is 2. The van der Waals surface area contributed by atoms with E-state index >= 15 is 0 Å². The van der Waals surface area contributed by atoms with Gasteiger partial charge in [-0.25, -0.2) is 0 Å². The average molecular weight is 258 g/mol. The predicted molar refractivity (Wildman–Crippen MR) is 75.5 cm³/mol. The van der Waals surface area contributed by atoms with Crippen LogP contribution in [-0.2, 0) is 6.42 Å². The summed E-state index contributed by atoms with van der Waals surface area (Å²) in [6.45, 7) is 7.78. The Hall–Kier alpha value is -2.10. The first-order valence-corrected chi connectivity index (χ1v) is 6.34. The molecule has 0 unspecified atom stereocenters. The number of benzene rings is 1. The van der Waals surface area contributed by atoms with Crippen molar-refractivity contribution in [3.63, 3.8) is 0 Å². The van der Waals surface area contributed by atoms with Gasteiger partial charge in [0.25, 0.3) is 5.56 Å². The van der Waals surface area contributed by atoms with E-state index in [4.69, 9.17) is 0 Å². The fourth-order valence-corrected chi connectivity index (χ4v) is 2.48. The molecule has 0 saturated heterocycles. The first-order valence-electron chi connectivity index (χ1n) is 6.34. The molecular formula is C15H18N2O2. The van der Waals surface area contributed by atoms with E-state index in [1.54, 1.807) is 0 Å². The van der Waals surface area contributed by atoms with Gasteiger partial charge in [-0.2, -0.15) is 4.98 Å². The first kappa shape index (κ1) is 13.3. The Bertz CT molecular complexity index is 664. The van der Waals surface area contributed by atoms with Crippen molar-refractivity contribution in [1.82, 2.24) is 9.97 Å². The number of H-pyrrole nitrogens is 1. The van der Waals surface area contributed by atoms with Crippen molar-refractivity contribution in [2.45, 2.75) is 34.1 Å². The summed E-state index contributed by atoms with van der Waals surface area (Å²) in [6.07, 6.45) is 0.459. The molecule has 19 heavy (non-hydrogen) atoms. The van der Waals surface area contributed by atoms with E-state index in [9.17, 15) is 9.90 Å². The Morgan fingerprint density at radius 3 is 2.26 bits per heavy atom. The summed E-state index contributed by atoms with van der Waals surface area (Å²) in [5, 5.41) is 9.84. The molecule has 4 heteroatoms. The molecule has 2 aromatic rings. The van der Waals surface area contributed by atoms with Crippen molar-refractivity contribution < 1.29 is 5.11 Å². The molecule has 0 fully saturated rings. The van der Waals surface area contributed by atoms with Crippen molar-refractivity contribution in [1.29, 1.82) is 0 Å². The van der Waals surface area contributed by atoms with Crippen molar-refractivity contribution in [3.05, 3.63) is 44.7 Å². The fraction of sp³-hybridized carbons (Fsp3) is 0.333. The van der Waals surface area contributed by atoms with Gasteiger partial charge < -0.3 is 10.1 Å². The molecule has 0 spiro atoms. The summed E-state index contributed by atoms with van der Waals surface area (Å²) in [5.74, 6) is 0.246. The summed E-state index contributed by atoms with van der Waals surface area (Å²) in [6, 6.07) is 4.07. The van der Waals surface area contributed by atoms with Crippen LogP contribution in [0.5, 0.6) is 5.88 Å². The van der Waals surface area contributed by atoms with Gasteiger partial charge in [-0.1, -0.05) is 24.6 Å². The lowest BCUT2D eigenvalue weighted by atomic mass is 9.99. The molecular weight excluding hydrogens is 240 g/mol. The maximum absolute atomic E-state index is 11.9. The molecule has 0 atom stereocenters. The molecule has 0 aliphatic carbocycles. The summed E-state index contributed by atoms with van der Waals surface area (Å²) in [7, 11) is 0. The Kier molecular flexibility index (Phi) is 3.42. The quantitative estimate of drug-likeness (QED) is 0.870. The normalized spacial score (nSPS) is 10.7. The molecule has 0 aliphatic heterocycles. The van der Waals surface area contributed by atoms with Crippen LogP contribution in [0.15, 0.2) is 16.9 Å². The summed E-state index contributed by atoms with van der Waals surface area (Å²) >= 11 is 0. The molecule has 0 saturated carbocycles. The van der Waals surface area contributed by atoms with Crippen LogP contribution in [0.25, 0.3) is 11.4 Å². The second-order valence-corrected chi connectivity index (χ2v) is 4.84. The molecule has 1 aromatic heterocycles. The number of aryl methyl sites for hydroxylation is 3. The lowest BCUT2D eigenvalue weighted by Gasteiger charge is -2.11. The number of aromatic hydroxyl groups is 1. The third kappa shape index (κ3) is 2.38. The molecule has 1 aromatic carbocycles. The lowest BCUT2D eigenvalue weighted by Crippen LogP contribution is -2.15. The van der Waals surface area contributed by atoms with E-state index in [-0.39, 0.29) is 11.4 Å². The van der Waals surface area contributed by atoms with Crippen LogP contribution >= 0.6 is 0 Å². The standard InChI is InChI=1S/C15H18N2O2/c1-5-11-14(18)16-13(17-15(11)19)12-9(3)6-8(2)7-10(12)4/h6-7H,5H2,1-4H3,(H2,16,17,18,19). The number of nitrogens with zero attached hydrogens (tertiary/aromatic N) is 1. The summed E-state index contributed by atoms with van der Waals surface area (Å²) in [5.41, 5.74) is 4.15. The molecule has 0 bridgehead atoms. The molecule has 4 nitrogen and oxygen atoms in total. The maximum atomic E-state index is 11.9. The van der Waals surface area contributed by atoms with Gasteiger partial charge in [-0.05, 0) is 38.3 Å². The molecule has 2 N–H and O–H groups in total. The van der Waals surface area contributed by atoms with Crippen LogP contribution in [0.1, 0.15) is 29.2 Å². The molecule has 2 rings (SSSR count). The second-order valence-electron chi connectivity index (χ2n) is 4.84. The van der Waals surface area contributed by atoms with Crippen LogP contribution in [0.2, 0.25) is 0 Å². The molecule has 1 heterocycles. The first-order chi connectivity index (χ1) is 8.93.